The fraction of sp³-hybridized carbons (Fsp3) is 0.458. The van der Waals surface area contributed by atoms with E-state index in [0.29, 0.717) is 18.6 Å². The molecule has 2 unspecified atom stereocenters. The molecule has 2 atom stereocenters. The van der Waals surface area contributed by atoms with Crippen LogP contribution in [0.2, 0.25) is 0 Å². The monoisotopic (exact) mass is 395 g/mol. The van der Waals surface area contributed by atoms with Crippen LogP contribution in [0.3, 0.4) is 0 Å². The van der Waals surface area contributed by atoms with Crippen molar-refractivity contribution in [3.8, 4) is 0 Å². The second-order valence-electron chi connectivity index (χ2n) is 8.25. The number of anilines is 2. The van der Waals surface area contributed by atoms with Gasteiger partial charge in [0.1, 0.15) is 5.82 Å². The zero-order valence-corrected chi connectivity index (χ0v) is 17.4. The summed E-state index contributed by atoms with van der Waals surface area (Å²) >= 11 is 0. The van der Waals surface area contributed by atoms with Crippen molar-refractivity contribution in [2.24, 2.45) is 0 Å². The standard InChI is InChI=1S/C24H30FN3O/c1-3-17-26(20-13-9-19(25)10-14-20)24(29)28(23-11-7-18(2)8-12-23)27-21-5-4-6-22(27)16-15-21/h7-14,21-22H,3-6,15-17H2,1-2H3. The highest BCUT2D eigenvalue weighted by Crippen LogP contribution is 2.39. The molecule has 0 N–H and O–H groups in total. The topological polar surface area (TPSA) is 26.8 Å². The van der Waals surface area contributed by atoms with Crippen LogP contribution in [-0.4, -0.2) is 29.7 Å². The van der Waals surface area contributed by atoms with Crippen LogP contribution in [0.1, 0.15) is 51.0 Å². The molecule has 2 saturated heterocycles. The Kier molecular flexibility index (Phi) is 5.86. The molecule has 2 aliphatic heterocycles. The molecule has 0 saturated carbocycles. The molecule has 0 spiro atoms. The highest BCUT2D eigenvalue weighted by atomic mass is 19.1. The predicted molar refractivity (Wildman–Crippen MR) is 116 cm³/mol. The number of piperidine rings is 1. The average molecular weight is 396 g/mol. The fourth-order valence-electron chi connectivity index (χ4n) is 4.74. The number of halogens is 1. The number of urea groups is 1. The van der Waals surface area contributed by atoms with Crippen LogP contribution >= 0.6 is 0 Å². The van der Waals surface area contributed by atoms with Crippen molar-refractivity contribution in [1.82, 2.24) is 5.01 Å². The van der Waals surface area contributed by atoms with Gasteiger partial charge in [-0.3, -0.25) is 4.90 Å². The first-order chi connectivity index (χ1) is 14.1. The van der Waals surface area contributed by atoms with E-state index in [0.717, 1.165) is 43.5 Å². The van der Waals surface area contributed by atoms with Gasteiger partial charge in [-0.15, -0.1) is 0 Å². The summed E-state index contributed by atoms with van der Waals surface area (Å²) in [4.78, 5) is 15.7. The maximum atomic E-state index is 13.9. The van der Waals surface area contributed by atoms with Gasteiger partial charge in [-0.25, -0.2) is 19.2 Å². The number of hydrazine groups is 1. The number of carbonyl (C=O) groups excluding carboxylic acids is 1. The Bertz CT molecular complexity index is 820. The van der Waals surface area contributed by atoms with E-state index in [4.69, 9.17) is 0 Å². The molecule has 0 aliphatic carbocycles. The molecule has 2 amide bonds. The highest BCUT2D eigenvalue weighted by molar-refractivity contribution is 6.03. The van der Waals surface area contributed by atoms with Crippen LogP contribution in [0.15, 0.2) is 48.5 Å². The summed E-state index contributed by atoms with van der Waals surface area (Å²) in [7, 11) is 0. The summed E-state index contributed by atoms with van der Waals surface area (Å²) in [5, 5.41) is 4.24. The first-order valence-electron chi connectivity index (χ1n) is 10.8. The van der Waals surface area contributed by atoms with Crippen molar-refractivity contribution in [3.63, 3.8) is 0 Å². The van der Waals surface area contributed by atoms with Gasteiger partial charge in [0.15, 0.2) is 0 Å². The van der Waals surface area contributed by atoms with Crippen LogP contribution in [0.4, 0.5) is 20.6 Å². The van der Waals surface area contributed by atoms with Crippen molar-refractivity contribution in [2.45, 2.75) is 64.5 Å². The van der Waals surface area contributed by atoms with Gasteiger partial charge < -0.3 is 0 Å². The van der Waals surface area contributed by atoms with Crippen molar-refractivity contribution >= 4 is 17.4 Å². The van der Waals surface area contributed by atoms with Crippen molar-refractivity contribution < 1.29 is 9.18 Å². The lowest BCUT2D eigenvalue weighted by Crippen LogP contribution is -2.58. The zero-order valence-electron chi connectivity index (χ0n) is 17.4. The highest BCUT2D eigenvalue weighted by Gasteiger charge is 2.43. The first kappa shape index (κ1) is 19.9. The molecular formula is C24H30FN3O. The molecule has 4 rings (SSSR count). The smallest absolute Gasteiger partial charge is 0.293 e. The molecule has 2 bridgehead atoms. The maximum absolute atomic E-state index is 13.9. The Morgan fingerprint density at radius 3 is 2.14 bits per heavy atom. The van der Waals surface area contributed by atoms with Crippen LogP contribution in [0.5, 0.6) is 0 Å². The summed E-state index contributed by atoms with van der Waals surface area (Å²) < 4.78 is 13.5. The third-order valence-electron chi connectivity index (χ3n) is 6.16. The number of aryl methyl sites for hydroxylation is 1. The van der Waals surface area contributed by atoms with Crippen LogP contribution in [-0.2, 0) is 0 Å². The Morgan fingerprint density at radius 1 is 0.966 bits per heavy atom. The van der Waals surface area contributed by atoms with Crippen molar-refractivity contribution in [3.05, 3.63) is 59.9 Å². The Hall–Kier alpha value is -2.40. The molecule has 154 valence electrons. The molecule has 2 aliphatic rings. The zero-order chi connectivity index (χ0) is 20.4. The minimum Gasteiger partial charge on any atom is -0.293 e. The minimum atomic E-state index is -0.290. The van der Waals surface area contributed by atoms with Crippen LogP contribution < -0.4 is 9.91 Å². The number of hydrogen-bond donors (Lipinski definition) is 0. The average Bonchev–Trinajstić information content (AvgIpc) is 2.95. The van der Waals surface area contributed by atoms with Gasteiger partial charge in [-0.05, 0) is 75.4 Å². The molecule has 0 radical (unpaired) electrons. The van der Waals surface area contributed by atoms with E-state index >= 15 is 0 Å². The predicted octanol–water partition coefficient (Wildman–Crippen LogP) is 5.91. The Labute approximate surface area is 172 Å². The Balaban J connectivity index is 1.73. The summed E-state index contributed by atoms with van der Waals surface area (Å²) in [6.07, 6.45) is 6.62. The lowest BCUT2D eigenvalue weighted by molar-refractivity contribution is 0.129. The number of rotatable bonds is 5. The normalized spacial score (nSPS) is 21.2. The number of nitrogens with zero attached hydrogens (tertiary/aromatic N) is 3. The van der Waals surface area contributed by atoms with Gasteiger partial charge in [0, 0.05) is 24.3 Å². The Morgan fingerprint density at radius 2 is 1.55 bits per heavy atom. The molecule has 5 heteroatoms. The summed E-state index contributed by atoms with van der Waals surface area (Å²) in [6.45, 7) is 4.71. The van der Waals surface area contributed by atoms with Crippen molar-refractivity contribution in [2.75, 3.05) is 16.5 Å². The minimum absolute atomic E-state index is 0.0545. The van der Waals surface area contributed by atoms with E-state index in [1.807, 2.05) is 17.1 Å². The SMILES string of the molecule is CCCN(C(=O)N(c1ccc(C)cc1)N1C2CCCC1CC2)c1ccc(F)cc1. The molecule has 2 aromatic rings. The second-order valence-corrected chi connectivity index (χ2v) is 8.25. The molecule has 4 nitrogen and oxygen atoms in total. The summed E-state index contributed by atoms with van der Waals surface area (Å²) in [6, 6.07) is 15.2. The second kappa shape index (κ2) is 8.54. The maximum Gasteiger partial charge on any atom is 0.343 e. The van der Waals surface area contributed by atoms with E-state index < -0.39 is 0 Å². The third kappa shape index (κ3) is 4.01. The number of carbonyl (C=O) groups is 1. The molecule has 2 aromatic carbocycles. The number of amides is 2. The quantitative estimate of drug-likeness (QED) is 0.629. The number of fused-ring (bicyclic) bond motifs is 2. The lowest BCUT2D eigenvalue weighted by Gasteiger charge is -2.44. The first-order valence-corrected chi connectivity index (χ1v) is 10.8. The van der Waals surface area contributed by atoms with Gasteiger partial charge in [0.25, 0.3) is 0 Å². The number of benzene rings is 2. The van der Waals surface area contributed by atoms with E-state index in [1.54, 1.807) is 17.0 Å². The van der Waals surface area contributed by atoms with E-state index in [-0.39, 0.29) is 11.8 Å². The lowest BCUT2D eigenvalue weighted by atomic mass is 10.0. The molecular weight excluding hydrogens is 365 g/mol. The van der Waals surface area contributed by atoms with Gasteiger partial charge >= 0.3 is 6.03 Å². The summed E-state index contributed by atoms with van der Waals surface area (Å²) in [5.74, 6) is -0.290. The molecule has 2 heterocycles. The molecule has 2 fully saturated rings. The largest absolute Gasteiger partial charge is 0.343 e. The van der Waals surface area contributed by atoms with E-state index in [9.17, 15) is 9.18 Å². The summed E-state index contributed by atoms with van der Waals surface area (Å²) in [5.41, 5.74) is 2.81. The van der Waals surface area contributed by atoms with Gasteiger partial charge in [0.2, 0.25) is 0 Å². The fourth-order valence-corrected chi connectivity index (χ4v) is 4.74. The van der Waals surface area contributed by atoms with E-state index in [1.165, 1.54) is 24.1 Å². The van der Waals surface area contributed by atoms with Gasteiger partial charge in [-0.1, -0.05) is 31.0 Å². The number of hydrogen-bond acceptors (Lipinski definition) is 2. The van der Waals surface area contributed by atoms with Gasteiger partial charge in [0.05, 0.1) is 5.69 Å². The van der Waals surface area contributed by atoms with Crippen LogP contribution in [0.25, 0.3) is 0 Å². The molecule has 29 heavy (non-hydrogen) atoms. The van der Waals surface area contributed by atoms with Crippen LogP contribution in [0, 0.1) is 12.7 Å². The van der Waals surface area contributed by atoms with Crippen molar-refractivity contribution in [1.29, 1.82) is 0 Å². The molecule has 0 aromatic heterocycles. The van der Waals surface area contributed by atoms with Gasteiger partial charge in [-0.2, -0.15) is 0 Å². The van der Waals surface area contributed by atoms with E-state index in [2.05, 4.69) is 31.0 Å². The third-order valence-corrected chi connectivity index (χ3v) is 6.16.